The summed E-state index contributed by atoms with van der Waals surface area (Å²) in [4.78, 5) is 10.4. The molecule has 86 valence electrons. The van der Waals surface area contributed by atoms with E-state index in [1.807, 2.05) is 30.3 Å². The highest BCUT2D eigenvalue weighted by Crippen LogP contribution is 2.32. The van der Waals surface area contributed by atoms with Crippen LogP contribution in [0.2, 0.25) is 0 Å². The summed E-state index contributed by atoms with van der Waals surface area (Å²) in [6, 6.07) is 12.9. The van der Waals surface area contributed by atoms with Crippen LogP contribution in [0.25, 0.3) is 10.8 Å². The molecule has 0 bridgehead atoms. The van der Waals surface area contributed by atoms with Crippen molar-refractivity contribution in [1.82, 2.24) is 0 Å². The smallest absolute Gasteiger partial charge is 0.478 e. The predicted molar refractivity (Wildman–Crippen MR) is 64.7 cm³/mol. The zero-order valence-electron chi connectivity index (χ0n) is 8.87. The van der Waals surface area contributed by atoms with Crippen molar-refractivity contribution in [2.75, 3.05) is 6.16 Å². The molecular formula is C12H10O4P+. The highest BCUT2D eigenvalue weighted by atomic mass is 31.1. The Labute approximate surface area is 98.7 Å². The van der Waals surface area contributed by atoms with Gasteiger partial charge in [-0.05, 0) is 16.0 Å². The molecule has 2 aromatic rings. The lowest BCUT2D eigenvalue weighted by molar-refractivity contribution is -0.134. The second-order valence-corrected chi connectivity index (χ2v) is 4.62. The molecule has 0 aliphatic carbocycles. The lowest BCUT2D eigenvalue weighted by Gasteiger charge is -1.99. The molecule has 1 N–H and O–H groups in total. The van der Waals surface area contributed by atoms with Gasteiger partial charge in [-0.1, -0.05) is 36.4 Å². The van der Waals surface area contributed by atoms with Gasteiger partial charge in [-0.2, -0.15) is 0 Å². The van der Waals surface area contributed by atoms with E-state index in [9.17, 15) is 9.36 Å². The minimum atomic E-state index is -2.22. The van der Waals surface area contributed by atoms with Crippen LogP contribution >= 0.6 is 8.03 Å². The average Bonchev–Trinajstić information content (AvgIpc) is 2.28. The maximum atomic E-state index is 11.4. The van der Waals surface area contributed by atoms with Crippen LogP contribution in [0.4, 0.5) is 0 Å². The van der Waals surface area contributed by atoms with E-state index in [0.29, 0.717) is 5.75 Å². The van der Waals surface area contributed by atoms with Crippen molar-refractivity contribution in [1.29, 1.82) is 0 Å². The minimum Gasteiger partial charge on any atom is -0.478 e. The topological polar surface area (TPSA) is 63.6 Å². The third kappa shape index (κ3) is 2.80. The number of carboxylic acids is 1. The van der Waals surface area contributed by atoms with E-state index in [1.165, 1.54) is 0 Å². The Morgan fingerprint density at radius 1 is 1.18 bits per heavy atom. The number of carboxylic acid groups (broad SMARTS) is 1. The summed E-state index contributed by atoms with van der Waals surface area (Å²) in [7, 11) is -2.22. The van der Waals surface area contributed by atoms with Crippen molar-refractivity contribution >= 4 is 24.8 Å². The molecule has 0 fully saturated rings. The molecule has 1 atom stereocenters. The number of benzene rings is 2. The van der Waals surface area contributed by atoms with Gasteiger partial charge in [0.25, 0.3) is 6.16 Å². The Balaban J connectivity index is 2.30. The predicted octanol–water partition coefficient (Wildman–Crippen LogP) is 3.05. The summed E-state index contributed by atoms with van der Waals surface area (Å²) in [5, 5.41) is 10.3. The first-order valence-corrected chi connectivity index (χ1v) is 6.35. The van der Waals surface area contributed by atoms with Gasteiger partial charge in [0.2, 0.25) is 0 Å². The Morgan fingerprint density at radius 2 is 1.88 bits per heavy atom. The highest BCUT2D eigenvalue weighted by molar-refractivity contribution is 7.40. The molecule has 0 amide bonds. The highest BCUT2D eigenvalue weighted by Gasteiger charge is 2.24. The summed E-state index contributed by atoms with van der Waals surface area (Å²) >= 11 is 0. The number of aliphatic carboxylic acids is 1. The largest absolute Gasteiger partial charge is 0.568 e. The van der Waals surface area contributed by atoms with Crippen LogP contribution in [-0.2, 0) is 9.36 Å². The SMILES string of the molecule is O=C(O)C[P+](=O)Oc1cccc2ccccc12. The first-order valence-electron chi connectivity index (χ1n) is 4.99. The summed E-state index contributed by atoms with van der Waals surface area (Å²) in [5.74, 6) is -0.684. The van der Waals surface area contributed by atoms with Crippen molar-refractivity contribution in [3.05, 3.63) is 42.5 Å². The number of hydrogen-bond acceptors (Lipinski definition) is 3. The minimum absolute atomic E-state index is 0.450. The van der Waals surface area contributed by atoms with E-state index in [0.717, 1.165) is 10.8 Å². The molecule has 0 spiro atoms. The molecule has 4 nitrogen and oxygen atoms in total. The standard InChI is InChI=1S/C12H9O4P/c13-12(14)8-17(15)16-11-7-3-5-9-4-1-2-6-10(9)11/h1-7H,8H2/p+1. The van der Waals surface area contributed by atoms with Crippen LogP contribution in [0.1, 0.15) is 0 Å². The summed E-state index contributed by atoms with van der Waals surface area (Å²) in [6.07, 6.45) is -0.488. The summed E-state index contributed by atoms with van der Waals surface area (Å²) in [5.41, 5.74) is 0. The molecule has 0 saturated carbocycles. The van der Waals surface area contributed by atoms with Gasteiger partial charge in [-0.25, -0.2) is 4.79 Å². The molecule has 0 aliphatic heterocycles. The normalized spacial score (nSPS) is 11.2. The van der Waals surface area contributed by atoms with E-state index in [-0.39, 0.29) is 0 Å². The molecule has 0 aliphatic rings. The van der Waals surface area contributed by atoms with Crippen LogP contribution in [-0.4, -0.2) is 17.2 Å². The average molecular weight is 249 g/mol. The first-order chi connectivity index (χ1) is 8.16. The van der Waals surface area contributed by atoms with Crippen LogP contribution in [0.5, 0.6) is 5.75 Å². The fraction of sp³-hybridized carbons (Fsp3) is 0.0833. The Hall–Kier alpha value is -1.93. The molecule has 5 heteroatoms. The first kappa shape index (κ1) is 11.6. The second-order valence-electron chi connectivity index (χ2n) is 3.45. The van der Waals surface area contributed by atoms with Crippen molar-refractivity contribution in [3.63, 3.8) is 0 Å². The lowest BCUT2D eigenvalue weighted by Crippen LogP contribution is -2.00. The molecular weight excluding hydrogens is 239 g/mol. The Bertz CT molecular complexity index is 574. The van der Waals surface area contributed by atoms with Crippen LogP contribution < -0.4 is 4.52 Å². The fourth-order valence-electron chi connectivity index (χ4n) is 1.53. The molecule has 0 heterocycles. The Kier molecular flexibility index (Phi) is 3.35. The van der Waals surface area contributed by atoms with Crippen molar-refractivity contribution in [2.45, 2.75) is 0 Å². The Morgan fingerprint density at radius 3 is 2.65 bits per heavy atom. The van der Waals surface area contributed by atoms with Gasteiger partial charge in [0.1, 0.15) is 0 Å². The monoisotopic (exact) mass is 249 g/mol. The molecule has 0 aromatic heterocycles. The molecule has 0 radical (unpaired) electrons. The maximum absolute atomic E-state index is 11.4. The van der Waals surface area contributed by atoms with Gasteiger partial charge in [0, 0.05) is 5.39 Å². The van der Waals surface area contributed by atoms with Gasteiger partial charge in [0.15, 0.2) is 5.75 Å². The number of rotatable bonds is 4. The van der Waals surface area contributed by atoms with E-state index in [4.69, 9.17) is 9.63 Å². The quantitative estimate of drug-likeness (QED) is 0.846. The van der Waals surface area contributed by atoms with Crippen molar-refractivity contribution in [3.8, 4) is 5.75 Å². The third-order valence-corrected chi connectivity index (χ3v) is 3.14. The van der Waals surface area contributed by atoms with E-state index in [2.05, 4.69) is 0 Å². The van der Waals surface area contributed by atoms with Gasteiger partial charge in [-0.3, -0.25) is 4.52 Å². The number of carbonyl (C=O) groups is 1. The molecule has 2 aromatic carbocycles. The summed E-state index contributed by atoms with van der Waals surface area (Å²) < 4.78 is 16.6. The lowest BCUT2D eigenvalue weighted by atomic mass is 10.1. The van der Waals surface area contributed by atoms with Crippen molar-refractivity contribution < 1.29 is 19.0 Å². The van der Waals surface area contributed by atoms with Crippen LogP contribution in [0.15, 0.2) is 42.5 Å². The van der Waals surface area contributed by atoms with E-state index < -0.39 is 20.2 Å². The van der Waals surface area contributed by atoms with Gasteiger partial charge >= 0.3 is 14.0 Å². The zero-order valence-corrected chi connectivity index (χ0v) is 9.76. The fourth-order valence-corrected chi connectivity index (χ4v) is 2.19. The van der Waals surface area contributed by atoms with Crippen LogP contribution in [0.3, 0.4) is 0 Å². The van der Waals surface area contributed by atoms with Crippen molar-refractivity contribution in [2.24, 2.45) is 0 Å². The van der Waals surface area contributed by atoms with Crippen LogP contribution in [0, 0.1) is 0 Å². The molecule has 0 saturated heterocycles. The summed E-state index contributed by atoms with van der Waals surface area (Å²) in [6.45, 7) is 0. The van der Waals surface area contributed by atoms with E-state index in [1.54, 1.807) is 12.1 Å². The number of fused-ring (bicyclic) bond motifs is 1. The third-order valence-electron chi connectivity index (χ3n) is 2.21. The van der Waals surface area contributed by atoms with Gasteiger partial charge in [0.05, 0.1) is 0 Å². The molecule has 2 rings (SSSR count). The van der Waals surface area contributed by atoms with E-state index >= 15 is 0 Å². The second kappa shape index (κ2) is 4.93. The zero-order chi connectivity index (χ0) is 12.3. The van der Waals surface area contributed by atoms with Gasteiger partial charge in [-0.15, -0.1) is 0 Å². The maximum Gasteiger partial charge on any atom is 0.568 e. The molecule has 1 unspecified atom stereocenters. The van der Waals surface area contributed by atoms with Gasteiger partial charge < -0.3 is 5.11 Å². The molecule has 17 heavy (non-hydrogen) atoms. The number of hydrogen-bond donors (Lipinski definition) is 1.